The van der Waals surface area contributed by atoms with E-state index in [9.17, 15) is 4.79 Å². The molecule has 6 nitrogen and oxygen atoms in total. The zero-order valence-corrected chi connectivity index (χ0v) is 20.9. The van der Waals surface area contributed by atoms with Crippen LogP contribution in [0.5, 0.6) is 0 Å². The number of rotatable bonds is 5. The Balaban J connectivity index is 1.31. The standard InChI is InChI=1S/C29H35N5O/c1-18-16-24-6-4-5-7-27(24)34(18)28-17-26(32-20(3)33-28)19(2)31-29(35)23-10-8-21(9-11-23)22-12-14-25(30)15-13-22/h8-15,17-19,24,27H,4-7,16,30H2,1-3H3,(H,31,35)/t18?,19-,24?,27?/m0/s1. The highest BCUT2D eigenvalue weighted by atomic mass is 16.1. The summed E-state index contributed by atoms with van der Waals surface area (Å²) in [7, 11) is 0. The summed E-state index contributed by atoms with van der Waals surface area (Å²) in [6.07, 6.45) is 6.45. The second-order valence-corrected chi connectivity index (χ2v) is 10.2. The van der Waals surface area contributed by atoms with Crippen LogP contribution in [0.4, 0.5) is 11.5 Å². The Bertz CT molecular complexity index is 1190. The van der Waals surface area contributed by atoms with E-state index in [4.69, 9.17) is 10.7 Å². The lowest BCUT2D eigenvalue weighted by Gasteiger charge is -2.34. The Morgan fingerprint density at radius 2 is 1.69 bits per heavy atom. The van der Waals surface area contributed by atoms with E-state index in [1.807, 2.05) is 62.4 Å². The molecule has 2 fully saturated rings. The van der Waals surface area contributed by atoms with Crippen LogP contribution in [0.15, 0.2) is 54.6 Å². The van der Waals surface area contributed by atoms with Crippen LogP contribution in [-0.4, -0.2) is 28.0 Å². The number of benzene rings is 2. The number of hydrogen-bond acceptors (Lipinski definition) is 5. The minimum absolute atomic E-state index is 0.110. The smallest absolute Gasteiger partial charge is 0.251 e. The molecule has 0 spiro atoms. The first-order chi connectivity index (χ1) is 16.9. The molecule has 2 heterocycles. The number of carbonyl (C=O) groups excluding carboxylic acids is 1. The van der Waals surface area contributed by atoms with Gasteiger partial charge in [0.05, 0.1) is 11.7 Å². The Kier molecular flexibility index (Phi) is 6.46. The highest BCUT2D eigenvalue weighted by Gasteiger charge is 2.40. The van der Waals surface area contributed by atoms with E-state index in [0.29, 0.717) is 17.6 Å². The average molecular weight is 470 g/mol. The lowest BCUT2D eigenvalue weighted by molar-refractivity contribution is 0.0939. The number of fused-ring (bicyclic) bond motifs is 1. The Hall–Kier alpha value is -3.41. The maximum atomic E-state index is 13.0. The first-order valence-corrected chi connectivity index (χ1v) is 12.8. The lowest BCUT2D eigenvalue weighted by atomic mass is 9.85. The van der Waals surface area contributed by atoms with Crippen LogP contribution in [0.2, 0.25) is 0 Å². The number of hydrogen-bond donors (Lipinski definition) is 2. The van der Waals surface area contributed by atoms with Gasteiger partial charge in [-0.25, -0.2) is 9.97 Å². The fourth-order valence-electron chi connectivity index (χ4n) is 5.88. The molecule has 1 aliphatic heterocycles. The molecule has 35 heavy (non-hydrogen) atoms. The topological polar surface area (TPSA) is 84.1 Å². The van der Waals surface area contributed by atoms with Crippen molar-refractivity contribution in [2.45, 2.75) is 71.0 Å². The molecule has 3 aromatic rings. The summed E-state index contributed by atoms with van der Waals surface area (Å²) >= 11 is 0. The molecule has 1 saturated carbocycles. The van der Waals surface area contributed by atoms with E-state index in [-0.39, 0.29) is 11.9 Å². The van der Waals surface area contributed by atoms with E-state index < -0.39 is 0 Å². The van der Waals surface area contributed by atoms with Crippen LogP contribution < -0.4 is 16.0 Å². The van der Waals surface area contributed by atoms with E-state index >= 15 is 0 Å². The molecule has 0 bridgehead atoms. The van der Waals surface area contributed by atoms with Crippen molar-refractivity contribution in [1.82, 2.24) is 15.3 Å². The van der Waals surface area contributed by atoms with Gasteiger partial charge in [-0.3, -0.25) is 4.79 Å². The third-order valence-corrected chi connectivity index (χ3v) is 7.64. The highest BCUT2D eigenvalue weighted by Crippen LogP contribution is 2.41. The Labute approximate surface area is 208 Å². The van der Waals surface area contributed by atoms with Gasteiger partial charge in [-0.05, 0) is 81.3 Å². The number of aryl methyl sites for hydroxylation is 1. The van der Waals surface area contributed by atoms with Gasteiger partial charge in [0.1, 0.15) is 11.6 Å². The van der Waals surface area contributed by atoms with Crippen LogP contribution in [0.3, 0.4) is 0 Å². The van der Waals surface area contributed by atoms with Crippen molar-refractivity contribution in [3.05, 3.63) is 71.7 Å². The molecule has 1 amide bonds. The van der Waals surface area contributed by atoms with Gasteiger partial charge in [0.15, 0.2) is 0 Å². The minimum atomic E-state index is -0.222. The van der Waals surface area contributed by atoms with Crippen molar-refractivity contribution in [2.24, 2.45) is 5.92 Å². The molecular weight excluding hydrogens is 434 g/mol. The number of nitrogen functional groups attached to an aromatic ring is 1. The molecule has 5 rings (SSSR count). The molecule has 6 heteroatoms. The quantitative estimate of drug-likeness (QED) is 0.470. The van der Waals surface area contributed by atoms with E-state index in [1.54, 1.807) is 0 Å². The van der Waals surface area contributed by atoms with Crippen molar-refractivity contribution in [3.8, 4) is 11.1 Å². The van der Waals surface area contributed by atoms with E-state index in [2.05, 4.69) is 28.2 Å². The van der Waals surface area contributed by atoms with Gasteiger partial charge in [0.2, 0.25) is 0 Å². The SMILES string of the molecule is Cc1nc([C@H](C)NC(=O)c2ccc(-c3ccc(N)cc3)cc2)cc(N2C(C)CC3CCCCC32)n1. The van der Waals surface area contributed by atoms with Gasteiger partial charge in [-0.2, -0.15) is 0 Å². The lowest BCUT2D eigenvalue weighted by Crippen LogP contribution is -2.39. The third kappa shape index (κ3) is 4.88. The van der Waals surface area contributed by atoms with Crippen molar-refractivity contribution in [2.75, 3.05) is 10.6 Å². The molecule has 1 saturated heterocycles. The predicted octanol–water partition coefficient (Wildman–Crippen LogP) is 5.68. The number of amides is 1. The fraction of sp³-hybridized carbons (Fsp3) is 0.414. The zero-order chi connectivity index (χ0) is 24.5. The predicted molar refractivity (Wildman–Crippen MR) is 141 cm³/mol. The molecule has 4 atom stereocenters. The van der Waals surface area contributed by atoms with Crippen molar-refractivity contribution < 1.29 is 4.79 Å². The van der Waals surface area contributed by atoms with E-state index in [1.165, 1.54) is 32.1 Å². The van der Waals surface area contributed by atoms with E-state index in [0.717, 1.165) is 40.1 Å². The molecule has 0 radical (unpaired) electrons. The molecule has 2 aliphatic rings. The van der Waals surface area contributed by atoms with Crippen molar-refractivity contribution in [3.63, 3.8) is 0 Å². The van der Waals surface area contributed by atoms with Gasteiger partial charge < -0.3 is 16.0 Å². The number of nitrogens with zero attached hydrogens (tertiary/aromatic N) is 3. The largest absolute Gasteiger partial charge is 0.399 e. The zero-order valence-electron chi connectivity index (χ0n) is 20.9. The van der Waals surface area contributed by atoms with Crippen LogP contribution >= 0.6 is 0 Å². The maximum absolute atomic E-state index is 13.0. The second-order valence-electron chi connectivity index (χ2n) is 10.2. The summed E-state index contributed by atoms with van der Waals surface area (Å²) in [6, 6.07) is 18.3. The summed E-state index contributed by atoms with van der Waals surface area (Å²) in [4.78, 5) is 25.0. The molecule has 3 unspecified atom stereocenters. The van der Waals surface area contributed by atoms with Gasteiger partial charge >= 0.3 is 0 Å². The first-order valence-electron chi connectivity index (χ1n) is 12.8. The molecule has 1 aromatic heterocycles. The average Bonchev–Trinajstić information content (AvgIpc) is 3.20. The normalized spacial score (nSPS) is 22.5. The Morgan fingerprint density at radius 1 is 1.03 bits per heavy atom. The summed E-state index contributed by atoms with van der Waals surface area (Å²) in [5.74, 6) is 2.41. The third-order valence-electron chi connectivity index (χ3n) is 7.64. The van der Waals surface area contributed by atoms with Crippen LogP contribution in [0.25, 0.3) is 11.1 Å². The van der Waals surface area contributed by atoms with Gasteiger partial charge in [0, 0.05) is 29.4 Å². The number of carbonyl (C=O) groups is 1. The number of nitrogens with two attached hydrogens (primary N) is 1. The fourth-order valence-corrected chi connectivity index (χ4v) is 5.88. The van der Waals surface area contributed by atoms with Crippen LogP contribution in [0, 0.1) is 12.8 Å². The maximum Gasteiger partial charge on any atom is 0.251 e. The number of nitrogens with one attached hydrogen (secondary N) is 1. The van der Waals surface area contributed by atoms with Gasteiger partial charge in [-0.1, -0.05) is 37.1 Å². The number of aromatic nitrogens is 2. The van der Waals surface area contributed by atoms with Gasteiger partial charge in [-0.15, -0.1) is 0 Å². The summed E-state index contributed by atoms with van der Waals surface area (Å²) in [5, 5.41) is 3.13. The first kappa shape index (κ1) is 23.3. The monoisotopic (exact) mass is 469 g/mol. The highest BCUT2D eigenvalue weighted by molar-refractivity contribution is 5.95. The summed E-state index contributed by atoms with van der Waals surface area (Å²) in [6.45, 7) is 6.24. The van der Waals surface area contributed by atoms with Crippen LogP contribution in [0.1, 0.15) is 73.9 Å². The van der Waals surface area contributed by atoms with Crippen molar-refractivity contribution in [1.29, 1.82) is 0 Å². The Morgan fingerprint density at radius 3 is 2.40 bits per heavy atom. The summed E-state index contributed by atoms with van der Waals surface area (Å²) in [5.41, 5.74) is 10.1. The molecule has 2 aromatic carbocycles. The molecule has 1 aliphatic carbocycles. The van der Waals surface area contributed by atoms with Crippen molar-refractivity contribution >= 4 is 17.4 Å². The van der Waals surface area contributed by atoms with Crippen LogP contribution in [-0.2, 0) is 0 Å². The van der Waals surface area contributed by atoms with Gasteiger partial charge in [0.25, 0.3) is 5.91 Å². The number of anilines is 2. The molecular formula is C29H35N5O. The molecule has 182 valence electrons. The minimum Gasteiger partial charge on any atom is -0.399 e. The summed E-state index contributed by atoms with van der Waals surface area (Å²) < 4.78 is 0. The second kappa shape index (κ2) is 9.68. The molecule has 3 N–H and O–H groups in total.